The van der Waals surface area contributed by atoms with E-state index in [1.807, 2.05) is 30.3 Å². The first kappa shape index (κ1) is 20.0. The Morgan fingerprint density at radius 3 is 2.59 bits per heavy atom. The van der Waals surface area contributed by atoms with Crippen LogP contribution >= 0.6 is 11.6 Å². The maximum Gasteiger partial charge on any atom is 0.226 e. The molecule has 2 saturated heterocycles. The number of benzene rings is 1. The number of piperazine rings is 1. The second-order valence-corrected chi connectivity index (χ2v) is 7.77. The first-order valence-electron chi connectivity index (χ1n) is 9.96. The van der Waals surface area contributed by atoms with E-state index in [0.29, 0.717) is 18.1 Å². The molecule has 3 heterocycles. The van der Waals surface area contributed by atoms with Gasteiger partial charge in [-0.05, 0) is 23.8 Å². The largest absolute Gasteiger partial charge is 0.354 e. The minimum Gasteiger partial charge on any atom is -0.354 e. The van der Waals surface area contributed by atoms with E-state index in [2.05, 4.69) is 35.9 Å². The van der Waals surface area contributed by atoms with Gasteiger partial charge in [0, 0.05) is 63.2 Å². The molecular weight excluding hydrogens is 390 g/mol. The van der Waals surface area contributed by atoms with E-state index in [1.54, 1.807) is 12.4 Å². The molecule has 2 aliphatic rings. The summed E-state index contributed by atoms with van der Waals surface area (Å²) in [5.74, 6) is 0.706. The summed E-state index contributed by atoms with van der Waals surface area (Å²) >= 11 is 5.97. The van der Waals surface area contributed by atoms with Crippen molar-refractivity contribution in [2.75, 3.05) is 50.7 Å². The number of nitrogens with zero attached hydrogens (tertiary/aromatic N) is 4. The first-order valence-corrected chi connectivity index (χ1v) is 10.3. The Balaban J connectivity index is 1.21. The Morgan fingerprint density at radius 1 is 1.14 bits per heavy atom. The van der Waals surface area contributed by atoms with Gasteiger partial charge < -0.3 is 10.2 Å². The van der Waals surface area contributed by atoms with E-state index < -0.39 is 0 Å². The van der Waals surface area contributed by atoms with Crippen LogP contribution in [0.2, 0.25) is 5.02 Å². The summed E-state index contributed by atoms with van der Waals surface area (Å²) in [5, 5.41) is 3.80. The van der Waals surface area contributed by atoms with Crippen LogP contribution in [0, 0.1) is 5.92 Å². The lowest BCUT2D eigenvalue weighted by Gasteiger charge is -2.34. The molecule has 1 aromatic carbocycles. The first-order chi connectivity index (χ1) is 14.2. The fourth-order valence-corrected chi connectivity index (χ4v) is 3.95. The SMILES string of the molecule is O=C(NCCN1CCN(c2ncccn2)CC1)C1CNNC1c1ccc(Cl)cc1. The van der Waals surface area contributed by atoms with Gasteiger partial charge in [0.1, 0.15) is 0 Å². The number of anilines is 1. The molecule has 29 heavy (non-hydrogen) atoms. The maximum atomic E-state index is 12.7. The zero-order valence-corrected chi connectivity index (χ0v) is 17.0. The van der Waals surface area contributed by atoms with Crippen LogP contribution in [0.25, 0.3) is 0 Å². The molecular formula is C20H26ClN7O. The maximum absolute atomic E-state index is 12.7. The van der Waals surface area contributed by atoms with E-state index in [1.165, 1.54) is 0 Å². The molecule has 3 N–H and O–H groups in total. The molecule has 0 bridgehead atoms. The van der Waals surface area contributed by atoms with Gasteiger partial charge in [0.05, 0.1) is 12.0 Å². The lowest BCUT2D eigenvalue weighted by atomic mass is 9.94. The highest BCUT2D eigenvalue weighted by molar-refractivity contribution is 6.30. The van der Waals surface area contributed by atoms with Gasteiger partial charge in [0.2, 0.25) is 11.9 Å². The summed E-state index contributed by atoms with van der Waals surface area (Å²) < 4.78 is 0. The fraction of sp³-hybridized carbons (Fsp3) is 0.450. The van der Waals surface area contributed by atoms with Crippen molar-refractivity contribution in [1.29, 1.82) is 0 Å². The number of nitrogens with one attached hydrogen (secondary N) is 3. The van der Waals surface area contributed by atoms with Crippen LogP contribution < -0.4 is 21.1 Å². The monoisotopic (exact) mass is 415 g/mol. The zero-order chi connectivity index (χ0) is 20.1. The van der Waals surface area contributed by atoms with Gasteiger partial charge in [-0.25, -0.2) is 15.4 Å². The van der Waals surface area contributed by atoms with Gasteiger partial charge in [-0.15, -0.1) is 0 Å². The molecule has 0 spiro atoms. The summed E-state index contributed by atoms with van der Waals surface area (Å²) in [6.45, 7) is 5.76. The van der Waals surface area contributed by atoms with E-state index in [9.17, 15) is 4.79 Å². The number of rotatable bonds is 6. The molecule has 154 valence electrons. The third-order valence-electron chi connectivity index (χ3n) is 5.48. The Kier molecular flexibility index (Phi) is 6.56. The number of carbonyl (C=O) groups excluding carboxylic acids is 1. The van der Waals surface area contributed by atoms with E-state index in [-0.39, 0.29) is 17.9 Å². The predicted molar refractivity (Wildman–Crippen MR) is 113 cm³/mol. The van der Waals surface area contributed by atoms with Crippen molar-refractivity contribution in [3.63, 3.8) is 0 Å². The highest BCUT2D eigenvalue weighted by Crippen LogP contribution is 2.26. The molecule has 9 heteroatoms. The Bertz CT molecular complexity index is 796. The number of hydrogen-bond acceptors (Lipinski definition) is 7. The van der Waals surface area contributed by atoms with Crippen molar-refractivity contribution in [3.05, 3.63) is 53.3 Å². The summed E-state index contributed by atoms with van der Waals surface area (Å²) in [5.41, 5.74) is 7.36. The minimum atomic E-state index is -0.150. The van der Waals surface area contributed by atoms with Gasteiger partial charge in [-0.2, -0.15) is 0 Å². The van der Waals surface area contributed by atoms with Crippen LogP contribution in [-0.2, 0) is 4.79 Å². The molecule has 2 fully saturated rings. The van der Waals surface area contributed by atoms with Crippen LogP contribution in [0.15, 0.2) is 42.7 Å². The van der Waals surface area contributed by atoms with Gasteiger partial charge in [0.15, 0.2) is 0 Å². The van der Waals surface area contributed by atoms with Crippen molar-refractivity contribution in [1.82, 2.24) is 31.0 Å². The van der Waals surface area contributed by atoms with Crippen molar-refractivity contribution in [2.45, 2.75) is 6.04 Å². The molecule has 2 atom stereocenters. The molecule has 2 unspecified atom stereocenters. The fourth-order valence-electron chi connectivity index (χ4n) is 3.82. The quantitative estimate of drug-likeness (QED) is 0.644. The zero-order valence-electron chi connectivity index (χ0n) is 16.2. The number of hydrazine groups is 1. The molecule has 2 aromatic rings. The molecule has 0 saturated carbocycles. The summed E-state index contributed by atoms with van der Waals surface area (Å²) in [7, 11) is 0. The van der Waals surface area contributed by atoms with E-state index in [4.69, 9.17) is 11.6 Å². The molecule has 0 radical (unpaired) electrons. The molecule has 2 aliphatic heterocycles. The van der Waals surface area contributed by atoms with Gasteiger partial charge in [-0.1, -0.05) is 23.7 Å². The van der Waals surface area contributed by atoms with Crippen LogP contribution in [0.4, 0.5) is 5.95 Å². The van der Waals surface area contributed by atoms with Crippen molar-refractivity contribution < 1.29 is 4.79 Å². The van der Waals surface area contributed by atoms with Gasteiger partial charge >= 0.3 is 0 Å². The second-order valence-electron chi connectivity index (χ2n) is 7.33. The molecule has 1 aromatic heterocycles. The number of carbonyl (C=O) groups is 1. The third kappa shape index (κ3) is 5.02. The minimum absolute atomic E-state index is 0.0540. The Labute approximate surface area is 175 Å². The number of halogens is 1. The van der Waals surface area contributed by atoms with Crippen LogP contribution in [-0.4, -0.2) is 66.6 Å². The highest BCUT2D eigenvalue weighted by atomic mass is 35.5. The van der Waals surface area contributed by atoms with Gasteiger partial charge in [0.25, 0.3) is 0 Å². The average Bonchev–Trinajstić information content (AvgIpc) is 3.25. The van der Waals surface area contributed by atoms with E-state index >= 15 is 0 Å². The van der Waals surface area contributed by atoms with Crippen molar-refractivity contribution in [3.8, 4) is 0 Å². The molecule has 8 nitrogen and oxygen atoms in total. The molecule has 1 amide bonds. The number of aromatic nitrogens is 2. The van der Waals surface area contributed by atoms with E-state index in [0.717, 1.165) is 44.2 Å². The average molecular weight is 416 g/mol. The molecule has 4 rings (SSSR count). The van der Waals surface area contributed by atoms with Crippen LogP contribution in [0.3, 0.4) is 0 Å². The Morgan fingerprint density at radius 2 is 1.86 bits per heavy atom. The summed E-state index contributed by atoms with van der Waals surface area (Å²) in [6.07, 6.45) is 3.54. The lowest BCUT2D eigenvalue weighted by molar-refractivity contribution is -0.125. The van der Waals surface area contributed by atoms with Crippen LogP contribution in [0.5, 0.6) is 0 Å². The number of hydrogen-bond donors (Lipinski definition) is 3. The predicted octanol–water partition coefficient (Wildman–Crippen LogP) is 0.834. The second kappa shape index (κ2) is 9.49. The smallest absolute Gasteiger partial charge is 0.226 e. The lowest BCUT2D eigenvalue weighted by Crippen LogP contribution is -2.49. The number of amides is 1. The summed E-state index contributed by atoms with van der Waals surface area (Å²) in [6, 6.07) is 9.40. The van der Waals surface area contributed by atoms with Crippen molar-refractivity contribution in [2.24, 2.45) is 5.92 Å². The standard InChI is InChI=1S/C20H26ClN7O/c21-16-4-2-15(3-5-16)18-17(14-25-26-18)19(29)22-8-9-27-10-12-28(13-11-27)20-23-6-1-7-24-20/h1-7,17-18,25-26H,8-14H2,(H,22,29). The highest BCUT2D eigenvalue weighted by Gasteiger charge is 2.33. The van der Waals surface area contributed by atoms with Gasteiger partial charge in [-0.3, -0.25) is 15.1 Å². The molecule has 0 aliphatic carbocycles. The van der Waals surface area contributed by atoms with Crippen molar-refractivity contribution >= 4 is 23.5 Å². The summed E-state index contributed by atoms with van der Waals surface area (Å²) in [4.78, 5) is 25.9. The Hall–Kier alpha value is -2.26. The topological polar surface area (TPSA) is 85.4 Å². The van der Waals surface area contributed by atoms with Crippen LogP contribution in [0.1, 0.15) is 11.6 Å². The normalized spacial score (nSPS) is 22.6. The third-order valence-corrected chi connectivity index (χ3v) is 5.73.